The summed E-state index contributed by atoms with van der Waals surface area (Å²) in [7, 11) is 1.63. The normalized spacial score (nSPS) is 11.3. The number of fused-ring (bicyclic) bond motifs is 3. The van der Waals surface area contributed by atoms with E-state index in [0.29, 0.717) is 28.9 Å². The van der Waals surface area contributed by atoms with E-state index in [0.717, 1.165) is 45.8 Å². The summed E-state index contributed by atoms with van der Waals surface area (Å²) in [6.45, 7) is 8.77. The van der Waals surface area contributed by atoms with Crippen molar-refractivity contribution in [3.63, 3.8) is 0 Å². The maximum absolute atomic E-state index is 15.0. The van der Waals surface area contributed by atoms with Gasteiger partial charge in [0.25, 0.3) is 0 Å². The van der Waals surface area contributed by atoms with E-state index in [-0.39, 0.29) is 26.8 Å². The van der Waals surface area contributed by atoms with Gasteiger partial charge >= 0.3 is 21.1 Å². The van der Waals surface area contributed by atoms with Gasteiger partial charge in [0.05, 0.1) is 13.3 Å². The second-order valence-corrected chi connectivity index (χ2v) is 12.4. The van der Waals surface area contributed by atoms with Crippen LogP contribution in [-0.4, -0.2) is 26.4 Å². The van der Waals surface area contributed by atoms with Crippen molar-refractivity contribution in [2.24, 2.45) is 5.92 Å². The first-order valence-electron chi connectivity index (χ1n) is 15.8. The molecule has 0 fully saturated rings. The Kier molecular flexibility index (Phi) is 9.52. The number of halogens is 1. The predicted octanol–water partition coefficient (Wildman–Crippen LogP) is 9.77. The molecule has 0 amide bonds. The number of hydrogen-bond acceptors (Lipinski definition) is 4. The maximum Gasteiger partial charge on any atom is 2.00 e. The molecule has 4 aromatic carbocycles. The number of nitrogens with zero attached hydrogens (tertiary/aromatic N) is 4. The van der Waals surface area contributed by atoms with Crippen molar-refractivity contribution in [2.45, 2.75) is 40.5 Å². The molecular formula is C40H35FN4O2Pt. The van der Waals surface area contributed by atoms with E-state index in [1.807, 2.05) is 59.4 Å². The summed E-state index contributed by atoms with van der Waals surface area (Å²) in [6.07, 6.45) is 7.66. The Balaban J connectivity index is 0.00000401. The minimum atomic E-state index is -0.455. The molecule has 0 N–H and O–H groups in total. The van der Waals surface area contributed by atoms with Crippen molar-refractivity contribution in [3.05, 3.63) is 126 Å². The van der Waals surface area contributed by atoms with Crippen LogP contribution in [0.4, 0.5) is 4.39 Å². The average Bonchev–Trinajstić information content (AvgIpc) is 3.66. The summed E-state index contributed by atoms with van der Waals surface area (Å²) in [5.74, 6) is 2.23. The van der Waals surface area contributed by atoms with Crippen LogP contribution < -0.4 is 9.47 Å². The summed E-state index contributed by atoms with van der Waals surface area (Å²) in [6, 6.07) is 29.4. The van der Waals surface area contributed by atoms with Gasteiger partial charge in [0.15, 0.2) is 0 Å². The molecular weight excluding hydrogens is 783 g/mol. The first kappa shape index (κ1) is 33.2. The predicted molar refractivity (Wildman–Crippen MR) is 184 cm³/mol. The quantitative estimate of drug-likeness (QED) is 0.136. The van der Waals surface area contributed by atoms with Crippen molar-refractivity contribution in [2.75, 3.05) is 7.11 Å². The van der Waals surface area contributed by atoms with Gasteiger partial charge in [-0.15, -0.1) is 29.7 Å². The first-order valence-corrected chi connectivity index (χ1v) is 15.8. The monoisotopic (exact) mass is 817 g/mol. The molecule has 7 aromatic rings. The Morgan fingerprint density at radius 1 is 0.896 bits per heavy atom. The van der Waals surface area contributed by atoms with Crippen molar-refractivity contribution in [3.8, 4) is 39.9 Å². The van der Waals surface area contributed by atoms with Gasteiger partial charge in [0.2, 0.25) is 0 Å². The smallest absolute Gasteiger partial charge is 0.509 e. The zero-order valence-corrected chi connectivity index (χ0v) is 29.7. The van der Waals surface area contributed by atoms with E-state index >= 15 is 4.39 Å². The molecule has 0 aliphatic heterocycles. The van der Waals surface area contributed by atoms with Crippen LogP contribution in [0.2, 0.25) is 0 Å². The number of methoxy groups -OCH3 is 1. The summed E-state index contributed by atoms with van der Waals surface area (Å²) >= 11 is 0. The molecule has 3 heterocycles. The molecule has 0 saturated carbocycles. The molecule has 244 valence electrons. The van der Waals surface area contributed by atoms with E-state index in [1.165, 1.54) is 28.8 Å². The van der Waals surface area contributed by atoms with Crippen LogP contribution in [-0.2, 0) is 27.5 Å². The number of benzene rings is 4. The Labute approximate surface area is 294 Å². The summed E-state index contributed by atoms with van der Waals surface area (Å²) in [4.78, 5) is 4.61. The third-order valence-electron chi connectivity index (χ3n) is 8.47. The number of hydrogen-bond donors (Lipinski definition) is 0. The third kappa shape index (κ3) is 6.52. The Morgan fingerprint density at radius 3 is 2.46 bits per heavy atom. The van der Waals surface area contributed by atoms with Crippen LogP contribution in [0, 0.1) is 37.7 Å². The zero-order valence-electron chi connectivity index (χ0n) is 27.5. The Hall–Kier alpha value is -4.74. The van der Waals surface area contributed by atoms with Crippen LogP contribution in [0.5, 0.6) is 17.2 Å². The molecule has 0 spiro atoms. The molecule has 0 bridgehead atoms. The van der Waals surface area contributed by atoms with Crippen LogP contribution in [0.1, 0.15) is 37.0 Å². The third-order valence-corrected chi connectivity index (χ3v) is 8.47. The molecule has 8 heteroatoms. The number of para-hydroxylation sites is 1. The van der Waals surface area contributed by atoms with E-state index < -0.39 is 5.82 Å². The van der Waals surface area contributed by atoms with Crippen molar-refractivity contribution in [1.29, 1.82) is 0 Å². The Morgan fingerprint density at radius 2 is 1.69 bits per heavy atom. The van der Waals surface area contributed by atoms with Gasteiger partial charge in [0, 0.05) is 46.9 Å². The van der Waals surface area contributed by atoms with Gasteiger partial charge in [-0.1, -0.05) is 55.8 Å². The van der Waals surface area contributed by atoms with Crippen molar-refractivity contribution in [1.82, 2.24) is 19.3 Å². The summed E-state index contributed by atoms with van der Waals surface area (Å²) < 4.78 is 30.3. The molecule has 0 radical (unpaired) electrons. The van der Waals surface area contributed by atoms with Gasteiger partial charge in [0.1, 0.15) is 11.6 Å². The topological polar surface area (TPSA) is 54.1 Å². The summed E-state index contributed by atoms with van der Waals surface area (Å²) in [5.41, 5.74) is 8.03. The molecule has 0 atom stereocenters. The van der Waals surface area contributed by atoms with E-state index in [1.54, 1.807) is 18.0 Å². The van der Waals surface area contributed by atoms with Gasteiger partial charge in [-0.05, 0) is 78.1 Å². The maximum atomic E-state index is 15.0. The van der Waals surface area contributed by atoms with Crippen LogP contribution in [0.15, 0.2) is 91.4 Å². The van der Waals surface area contributed by atoms with Gasteiger partial charge in [-0.3, -0.25) is 4.68 Å². The molecule has 6 nitrogen and oxygen atoms in total. The average molecular weight is 818 g/mol. The molecule has 3 aromatic heterocycles. The number of pyridine rings is 1. The number of ether oxygens (including phenoxy) is 2. The molecule has 0 aliphatic rings. The van der Waals surface area contributed by atoms with Gasteiger partial charge < -0.3 is 14.0 Å². The first-order chi connectivity index (χ1) is 22.8. The standard InChI is InChI=1S/C40H35FN4O2.Pt/c1-25(2)10-11-28-16-26(3)40(27(4)17-28)29-23-43-44(24-29)31-18-30(41)19-34(20-31)47-33-12-13-36-35-8-6-7-9-37(35)45(38(36)21-33)39-22-32(46-5)14-15-42-39;/h6-9,12-19,22-25H,10-11H2,1-5H3;/q-2;+2. The molecule has 48 heavy (non-hydrogen) atoms. The fourth-order valence-corrected chi connectivity index (χ4v) is 6.31. The van der Waals surface area contributed by atoms with Gasteiger partial charge in [-0.2, -0.15) is 11.2 Å². The largest absolute Gasteiger partial charge is 2.00 e. The molecule has 0 unspecified atom stereocenters. The van der Waals surface area contributed by atoms with E-state index in [9.17, 15) is 0 Å². The molecule has 0 saturated heterocycles. The fraction of sp³-hybridized carbons (Fsp3) is 0.200. The van der Waals surface area contributed by atoms with Gasteiger partial charge in [-0.25, -0.2) is 9.37 Å². The van der Waals surface area contributed by atoms with E-state index in [4.69, 9.17) is 9.47 Å². The minimum absolute atomic E-state index is 0. The SMILES string of the molecule is COc1ccnc(-n2c3[c-]c(Oc4[c-]c(-n5cc(-c6c(C)cc(CCC(C)C)cc6C)cn5)cc(F)c4)ccc3c3ccccc32)c1.[Pt+2]. The second-order valence-electron chi connectivity index (χ2n) is 12.4. The van der Waals surface area contributed by atoms with Crippen molar-refractivity contribution >= 4 is 21.8 Å². The second kappa shape index (κ2) is 13.8. The number of aromatic nitrogens is 4. The van der Waals surface area contributed by atoms with Crippen LogP contribution in [0.25, 0.3) is 44.4 Å². The molecule has 0 aliphatic carbocycles. The number of aryl methyl sites for hydroxylation is 3. The van der Waals surface area contributed by atoms with Crippen LogP contribution >= 0.6 is 0 Å². The fourth-order valence-electron chi connectivity index (χ4n) is 6.31. The van der Waals surface area contributed by atoms with Crippen LogP contribution in [0.3, 0.4) is 0 Å². The molecule has 7 rings (SSSR count). The van der Waals surface area contributed by atoms with E-state index in [2.05, 4.69) is 68.1 Å². The summed E-state index contributed by atoms with van der Waals surface area (Å²) in [5, 5.41) is 6.62. The zero-order chi connectivity index (χ0) is 32.7. The van der Waals surface area contributed by atoms with Crippen molar-refractivity contribution < 1.29 is 34.9 Å². The number of rotatable bonds is 9. The Bertz CT molecular complexity index is 2230. The minimum Gasteiger partial charge on any atom is -0.509 e.